The minimum Gasteiger partial charge on any atom is -0.481 e. The minimum absolute atomic E-state index is 0.00849. The van der Waals surface area contributed by atoms with Crippen LogP contribution in [0.25, 0.3) is 6.08 Å². The molecule has 178 valence electrons. The largest absolute Gasteiger partial charge is 0.481 e. The summed E-state index contributed by atoms with van der Waals surface area (Å²) in [5.74, 6) is 1.15. The van der Waals surface area contributed by atoms with Crippen LogP contribution in [0.15, 0.2) is 28.6 Å². The van der Waals surface area contributed by atoms with E-state index < -0.39 is 22.5 Å². The lowest BCUT2D eigenvalue weighted by Crippen LogP contribution is -2.49. The van der Waals surface area contributed by atoms with Crippen LogP contribution in [0.1, 0.15) is 62.1 Å². The average Bonchev–Trinajstić information content (AvgIpc) is 3.09. The van der Waals surface area contributed by atoms with Gasteiger partial charge in [-0.1, -0.05) is 38.0 Å². The first-order chi connectivity index (χ1) is 15.8. The number of aliphatic imine (C=N–C) groups is 1. The Morgan fingerprint density at radius 2 is 1.97 bits per heavy atom. The Balaban J connectivity index is 1.35. The maximum absolute atomic E-state index is 12.9. The summed E-state index contributed by atoms with van der Waals surface area (Å²) in [5.41, 5.74) is 1.91. The van der Waals surface area contributed by atoms with Crippen LogP contribution in [0.5, 0.6) is 0 Å². The van der Waals surface area contributed by atoms with Crippen molar-refractivity contribution >= 4 is 34.8 Å². The Morgan fingerprint density at radius 1 is 1.27 bits per heavy atom. The van der Waals surface area contributed by atoms with Crippen molar-refractivity contribution in [3.63, 3.8) is 0 Å². The number of carboxylic acids is 1. The van der Waals surface area contributed by atoms with Gasteiger partial charge in [-0.15, -0.1) is 0 Å². The van der Waals surface area contributed by atoms with Gasteiger partial charge < -0.3 is 10.4 Å². The van der Waals surface area contributed by atoms with Crippen LogP contribution < -0.4 is 5.32 Å². The highest BCUT2D eigenvalue weighted by Gasteiger charge is 2.47. The fourth-order valence-corrected chi connectivity index (χ4v) is 6.05. The molecule has 2 heterocycles. The van der Waals surface area contributed by atoms with Gasteiger partial charge in [-0.05, 0) is 61.3 Å². The third-order valence-corrected chi connectivity index (χ3v) is 8.50. The van der Waals surface area contributed by atoms with Gasteiger partial charge in [0.2, 0.25) is 0 Å². The number of rotatable bonds is 6. The Labute approximate surface area is 197 Å². The summed E-state index contributed by atoms with van der Waals surface area (Å²) < 4.78 is 14.7. The van der Waals surface area contributed by atoms with Crippen molar-refractivity contribution in [3.8, 4) is 0 Å². The first-order valence-corrected chi connectivity index (χ1v) is 13.0. The molecule has 2 N–H and O–H groups in total. The Kier molecular flexibility index (Phi) is 7.14. The molecule has 33 heavy (non-hydrogen) atoms. The van der Waals surface area contributed by atoms with E-state index in [4.69, 9.17) is 10.1 Å². The number of hydrogen-bond acceptors (Lipinski definition) is 4. The molecular formula is C25H33N3O4S. The quantitative estimate of drug-likeness (QED) is 0.664. The molecule has 1 saturated heterocycles. The molecule has 2 aliphatic heterocycles. The van der Waals surface area contributed by atoms with Crippen molar-refractivity contribution in [2.24, 2.45) is 16.8 Å². The maximum atomic E-state index is 12.9. The average molecular weight is 472 g/mol. The molecule has 4 rings (SSSR count). The zero-order valence-electron chi connectivity index (χ0n) is 19.4. The second-order valence-electron chi connectivity index (χ2n) is 9.71. The van der Waals surface area contributed by atoms with Crippen LogP contribution in [0, 0.1) is 18.8 Å². The third-order valence-electron chi connectivity index (χ3n) is 7.26. The van der Waals surface area contributed by atoms with Gasteiger partial charge in [0.05, 0.1) is 6.42 Å². The van der Waals surface area contributed by atoms with E-state index in [-0.39, 0.29) is 12.3 Å². The van der Waals surface area contributed by atoms with E-state index in [2.05, 4.69) is 12.2 Å². The van der Waals surface area contributed by atoms with Gasteiger partial charge in [0, 0.05) is 24.4 Å². The van der Waals surface area contributed by atoms with Gasteiger partial charge in [0.25, 0.3) is 5.91 Å². The van der Waals surface area contributed by atoms with Crippen molar-refractivity contribution < 1.29 is 18.9 Å². The number of nitrogens with zero attached hydrogens (tertiary/aromatic N) is 2. The van der Waals surface area contributed by atoms with Gasteiger partial charge in [0.1, 0.15) is 22.4 Å². The number of amidine groups is 1. The Morgan fingerprint density at radius 3 is 2.61 bits per heavy atom. The molecule has 7 nitrogen and oxygen atoms in total. The molecule has 0 radical (unpaired) electrons. The molecule has 8 heteroatoms. The molecule has 3 aliphatic rings. The van der Waals surface area contributed by atoms with Crippen molar-refractivity contribution in [2.45, 2.75) is 64.3 Å². The molecule has 1 saturated carbocycles. The standard InChI is InChI=1S/C25H33N3O4S/c1-17-3-6-21(7-4-17)23-26-24(31)25(27-23)10-12-28(13-11-25)33(32)14-9-20-8-5-19(15-18(20)2)16-22(29)30/h5,8-9,14-15,17,21H,3-4,6-7,10-13,16H2,1-2H3,(H,29,30)(H,26,27,31)/b14-9+. The molecule has 0 bridgehead atoms. The normalized spacial score (nSPS) is 26.4. The number of carbonyl (C=O) groups is 2. The van der Waals surface area contributed by atoms with Crippen LogP contribution >= 0.6 is 0 Å². The number of amides is 1. The zero-order chi connectivity index (χ0) is 23.6. The molecule has 1 atom stereocenters. The first-order valence-electron chi connectivity index (χ1n) is 11.8. The van der Waals surface area contributed by atoms with Crippen molar-refractivity contribution in [3.05, 3.63) is 40.3 Å². The highest BCUT2D eigenvalue weighted by Crippen LogP contribution is 2.35. The van der Waals surface area contributed by atoms with Crippen LogP contribution in [0.4, 0.5) is 0 Å². The summed E-state index contributed by atoms with van der Waals surface area (Å²) in [6.07, 6.45) is 7.53. The van der Waals surface area contributed by atoms with E-state index in [1.807, 2.05) is 29.4 Å². The Bertz CT molecular complexity index is 1000. The smallest absolute Gasteiger partial charge is 0.307 e. The molecule has 1 unspecified atom stereocenters. The van der Waals surface area contributed by atoms with E-state index in [1.54, 1.807) is 11.5 Å². The monoisotopic (exact) mass is 471 g/mol. The summed E-state index contributed by atoms with van der Waals surface area (Å²) in [6.45, 7) is 5.31. The predicted molar refractivity (Wildman–Crippen MR) is 130 cm³/mol. The van der Waals surface area contributed by atoms with Gasteiger partial charge in [-0.2, -0.15) is 0 Å². The van der Waals surface area contributed by atoms with Gasteiger partial charge in [-0.25, -0.2) is 8.51 Å². The molecular weight excluding hydrogens is 438 g/mol. The number of nitrogens with one attached hydrogen (secondary N) is 1. The molecule has 0 aromatic heterocycles. The Hall–Kier alpha value is -2.32. The van der Waals surface area contributed by atoms with Crippen molar-refractivity contribution in [1.29, 1.82) is 0 Å². The molecule has 1 amide bonds. The second-order valence-corrected chi connectivity index (χ2v) is 11.0. The number of piperidine rings is 1. The summed E-state index contributed by atoms with van der Waals surface area (Å²) in [6, 6.07) is 5.50. The number of aryl methyl sites for hydroxylation is 1. The van der Waals surface area contributed by atoms with Gasteiger partial charge in [-0.3, -0.25) is 14.6 Å². The highest BCUT2D eigenvalue weighted by molar-refractivity contribution is 7.85. The lowest BCUT2D eigenvalue weighted by molar-refractivity contribution is -0.136. The molecule has 1 aliphatic carbocycles. The SMILES string of the molecule is Cc1cc(CC(=O)O)ccc1/C=C/S(=O)N1CCC2(CC1)N=C(C1CCC(C)CC1)NC2=O. The first kappa shape index (κ1) is 23.8. The topological polar surface area (TPSA) is 99.1 Å². The second kappa shape index (κ2) is 9.89. The van der Waals surface area contributed by atoms with E-state index >= 15 is 0 Å². The number of aliphatic carboxylic acids is 1. The summed E-state index contributed by atoms with van der Waals surface area (Å²) in [7, 11) is -1.30. The fraction of sp³-hybridized carbons (Fsp3) is 0.560. The van der Waals surface area contributed by atoms with Gasteiger partial charge >= 0.3 is 5.97 Å². The van der Waals surface area contributed by atoms with E-state index in [1.165, 1.54) is 12.8 Å². The fourth-order valence-electron chi connectivity index (χ4n) is 5.07. The predicted octanol–water partition coefficient (Wildman–Crippen LogP) is 3.45. The van der Waals surface area contributed by atoms with Gasteiger partial charge in [0.15, 0.2) is 0 Å². The lowest BCUT2D eigenvalue weighted by Gasteiger charge is -2.33. The van der Waals surface area contributed by atoms with E-state index in [0.29, 0.717) is 31.8 Å². The van der Waals surface area contributed by atoms with E-state index in [9.17, 15) is 13.8 Å². The number of carboxylic acid groups (broad SMARTS) is 1. The van der Waals surface area contributed by atoms with Crippen LogP contribution in [-0.4, -0.2) is 50.0 Å². The highest BCUT2D eigenvalue weighted by atomic mass is 32.2. The minimum atomic E-state index is -1.30. The molecule has 1 aromatic rings. The number of hydrogen-bond donors (Lipinski definition) is 2. The van der Waals surface area contributed by atoms with Crippen LogP contribution in [-0.2, 0) is 27.0 Å². The lowest BCUT2D eigenvalue weighted by atomic mass is 9.82. The summed E-state index contributed by atoms with van der Waals surface area (Å²) in [5, 5.41) is 13.7. The van der Waals surface area contributed by atoms with Crippen molar-refractivity contribution in [1.82, 2.24) is 9.62 Å². The van der Waals surface area contributed by atoms with E-state index in [0.717, 1.165) is 41.3 Å². The van der Waals surface area contributed by atoms with Crippen LogP contribution in [0.3, 0.4) is 0 Å². The molecule has 2 fully saturated rings. The maximum Gasteiger partial charge on any atom is 0.307 e. The van der Waals surface area contributed by atoms with Crippen molar-refractivity contribution in [2.75, 3.05) is 13.1 Å². The van der Waals surface area contributed by atoms with Crippen LogP contribution in [0.2, 0.25) is 0 Å². The third kappa shape index (κ3) is 5.44. The zero-order valence-corrected chi connectivity index (χ0v) is 20.2. The summed E-state index contributed by atoms with van der Waals surface area (Å²) >= 11 is 0. The molecule has 1 aromatic carbocycles. The number of benzene rings is 1. The number of carbonyl (C=O) groups excluding carboxylic acids is 1. The summed E-state index contributed by atoms with van der Waals surface area (Å²) in [4.78, 5) is 28.6. The molecule has 1 spiro atoms.